The number of hydrogen-bond donors (Lipinski definition) is 2. The first-order valence-corrected chi connectivity index (χ1v) is 8.74. The number of benzene rings is 3. The van der Waals surface area contributed by atoms with Crippen molar-refractivity contribution < 1.29 is 23.9 Å². The molecule has 7 heteroatoms. The van der Waals surface area contributed by atoms with E-state index in [2.05, 4.69) is 0 Å². The van der Waals surface area contributed by atoms with E-state index in [4.69, 9.17) is 5.73 Å². The van der Waals surface area contributed by atoms with Gasteiger partial charge in [-0.15, -0.1) is 0 Å². The van der Waals surface area contributed by atoms with Gasteiger partial charge in [0.15, 0.2) is 0 Å². The number of fused-ring (bicyclic) bond motifs is 3. The minimum absolute atomic E-state index is 0.0355. The van der Waals surface area contributed by atoms with Crippen LogP contribution in [0.2, 0.25) is 0 Å². The van der Waals surface area contributed by atoms with Crippen molar-refractivity contribution >= 4 is 39.5 Å². The van der Waals surface area contributed by atoms with Crippen LogP contribution in [0.5, 0.6) is 0 Å². The lowest BCUT2D eigenvalue weighted by molar-refractivity contribution is -0.131. The summed E-state index contributed by atoms with van der Waals surface area (Å²) >= 11 is 0. The molecule has 144 valence electrons. The number of primary amides is 1. The number of Topliss-reactive ketones (excluding diaryl/α,β-unsaturated/α-hetero) is 1. The second-order valence-corrected chi connectivity index (χ2v) is 6.61. The zero-order chi connectivity index (χ0) is 20.7. The average molecular weight is 390 g/mol. The molecule has 1 heterocycles. The summed E-state index contributed by atoms with van der Waals surface area (Å²) in [6.07, 6.45) is 0. The monoisotopic (exact) mass is 390 g/mol. The molecule has 0 saturated heterocycles. The number of hydrogen-bond acceptors (Lipinski definition) is 3. The fourth-order valence-electron chi connectivity index (χ4n) is 3.68. The van der Waals surface area contributed by atoms with Gasteiger partial charge in [-0.2, -0.15) is 0 Å². The van der Waals surface area contributed by atoms with Gasteiger partial charge in [0.2, 0.25) is 5.91 Å². The third-order valence-electron chi connectivity index (χ3n) is 4.85. The number of carbonyl (C=O) groups is 3. The number of nitrogens with zero attached hydrogens (tertiary/aromatic N) is 1. The Kier molecular flexibility index (Phi) is 4.35. The maximum atomic E-state index is 13.7. The number of amides is 1. The highest BCUT2D eigenvalue weighted by Crippen LogP contribution is 2.35. The van der Waals surface area contributed by atoms with Crippen LogP contribution in [0.1, 0.15) is 26.3 Å². The van der Waals surface area contributed by atoms with Crippen molar-refractivity contribution in [2.75, 3.05) is 0 Å². The maximum Gasteiger partial charge on any atom is 0.377 e. The van der Waals surface area contributed by atoms with E-state index >= 15 is 0 Å². The van der Waals surface area contributed by atoms with Gasteiger partial charge < -0.3 is 15.4 Å². The predicted molar refractivity (Wildman–Crippen MR) is 105 cm³/mol. The van der Waals surface area contributed by atoms with Crippen molar-refractivity contribution in [3.8, 4) is 0 Å². The second kappa shape index (κ2) is 6.87. The van der Waals surface area contributed by atoms with Crippen molar-refractivity contribution in [3.05, 3.63) is 83.2 Å². The van der Waals surface area contributed by atoms with E-state index in [1.165, 1.54) is 24.3 Å². The van der Waals surface area contributed by atoms with Gasteiger partial charge in [-0.25, -0.2) is 9.18 Å². The van der Waals surface area contributed by atoms with Crippen molar-refractivity contribution in [1.29, 1.82) is 0 Å². The number of aromatic nitrogens is 1. The molecular formula is C22H15FN2O4. The van der Waals surface area contributed by atoms with Crippen LogP contribution in [0.15, 0.2) is 60.7 Å². The molecule has 0 aliphatic carbocycles. The molecule has 0 aliphatic heterocycles. The lowest BCUT2D eigenvalue weighted by Gasteiger charge is -2.08. The predicted octanol–water partition coefficient (Wildman–Crippen LogP) is 3.35. The van der Waals surface area contributed by atoms with Gasteiger partial charge in [0.1, 0.15) is 5.82 Å². The van der Waals surface area contributed by atoms with E-state index in [0.29, 0.717) is 27.4 Å². The molecule has 3 aromatic carbocycles. The molecule has 6 nitrogen and oxygen atoms in total. The van der Waals surface area contributed by atoms with Gasteiger partial charge >= 0.3 is 5.97 Å². The lowest BCUT2D eigenvalue weighted by Crippen LogP contribution is -2.14. The zero-order valence-corrected chi connectivity index (χ0v) is 15.1. The van der Waals surface area contributed by atoms with Crippen LogP contribution in [-0.4, -0.2) is 27.3 Å². The fraction of sp³-hybridized carbons (Fsp3) is 0.0455. The molecular weight excluding hydrogens is 375 g/mol. The van der Waals surface area contributed by atoms with Crippen molar-refractivity contribution in [1.82, 2.24) is 4.57 Å². The number of nitrogens with two attached hydrogens (primary N) is 1. The van der Waals surface area contributed by atoms with Crippen molar-refractivity contribution in [3.63, 3.8) is 0 Å². The molecule has 3 N–H and O–H groups in total. The Hall–Kier alpha value is -4.00. The number of aliphatic carboxylic acids is 1. The smallest absolute Gasteiger partial charge is 0.377 e. The Morgan fingerprint density at radius 3 is 2.07 bits per heavy atom. The number of halogens is 1. The van der Waals surface area contributed by atoms with Crippen LogP contribution in [0.4, 0.5) is 4.39 Å². The highest BCUT2D eigenvalue weighted by molar-refractivity contribution is 6.43. The van der Waals surface area contributed by atoms with E-state index in [0.717, 1.165) is 0 Å². The highest BCUT2D eigenvalue weighted by Gasteiger charge is 2.24. The standard InChI is InChI=1S/C22H15FN2O4/c23-13-5-1-4-12(10-13)11-25-16-8-2-6-14(20(26)22(28)29)18(16)19-15(21(24)27)7-3-9-17(19)25/h1-10H,11H2,(H2,24,27)(H,28,29). The second-order valence-electron chi connectivity index (χ2n) is 6.61. The minimum Gasteiger partial charge on any atom is -0.475 e. The molecule has 0 radical (unpaired) electrons. The molecule has 0 bridgehead atoms. The van der Waals surface area contributed by atoms with Crippen LogP contribution < -0.4 is 5.73 Å². The normalized spacial score (nSPS) is 11.1. The summed E-state index contributed by atoms with van der Waals surface area (Å²) in [6, 6.07) is 15.7. The van der Waals surface area contributed by atoms with Crippen LogP contribution in [0.25, 0.3) is 21.8 Å². The topological polar surface area (TPSA) is 102 Å². The fourth-order valence-corrected chi connectivity index (χ4v) is 3.68. The number of carbonyl (C=O) groups excluding carboxylic acids is 2. The molecule has 0 saturated carbocycles. The van der Waals surface area contributed by atoms with E-state index in [-0.39, 0.29) is 23.5 Å². The van der Waals surface area contributed by atoms with Crippen molar-refractivity contribution in [2.45, 2.75) is 6.54 Å². The first-order chi connectivity index (χ1) is 13.9. The quantitative estimate of drug-likeness (QED) is 0.403. The van der Waals surface area contributed by atoms with E-state index in [1.54, 1.807) is 36.4 Å². The molecule has 4 aromatic rings. The molecule has 0 unspecified atom stereocenters. The summed E-state index contributed by atoms with van der Waals surface area (Å²) in [5.41, 5.74) is 7.49. The van der Waals surface area contributed by atoms with E-state index in [1.807, 2.05) is 4.57 Å². The summed E-state index contributed by atoms with van der Waals surface area (Å²) in [5.74, 6) is -3.76. The third-order valence-corrected chi connectivity index (χ3v) is 4.85. The number of carboxylic acid groups (broad SMARTS) is 1. The Morgan fingerprint density at radius 1 is 0.897 bits per heavy atom. The van der Waals surface area contributed by atoms with Crippen LogP contribution >= 0.6 is 0 Å². The van der Waals surface area contributed by atoms with Gasteiger partial charge in [-0.1, -0.05) is 24.3 Å². The Balaban J connectivity index is 2.12. The summed E-state index contributed by atoms with van der Waals surface area (Å²) in [7, 11) is 0. The lowest BCUT2D eigenvalue weighted by atomic mass is 9.99. The molecule has 1 amide bonds. The van der Waals surface area contributed by atoms with Crippen LogP contribution in [-0.2, 0) is 11.3 Å². The molecule has 1 aromatic heterocycles. The van der Waals surface area contributed by atoms with E-state index < -0.39 is 17.7 Å². The SMILES string of the molecule is NC(=O)c1cccc2c1c1c(C(=O)C(=O)O)cccc1n2Cc1cccc(F)c1. The average Bonchev–Trinajstić information content (AvgIpc) is 3.01. The van der Waals surface area contributed by atoms with Gasteiger partial charge in [-0.3, -0.25) is 9.59 Å². The molecule has 0 fully saturated rings. The number of rotatable bonds is 5. The Labute approximate surface area is 164 Å². The van der Waals surface area contributed by atoms with Crippen molar-refractivity contribution in [2.24, 2.45) is 5.73 Å². The molecule has 4 rings (SSSR count). The number of ketones is 1. The highest BCUT2D eigenvalue weighted by atomic mass is 19.1. The van der Waals surface area contributed by atoms with E-state index in [9.17, 15) is 23.9 Å². The summed E-state index contributed by atoms with van der Waals surface area (Å²) < 4.78 is 15.5. The van der Waals surface area contributed by atoms with Gasteiger partial charge in [0.05, 0.1) is 11.0 Å². The Morgan fingerprint density at radius 2 is 1.48 bits per heavy atom. The third kappa shape index (κ3) is 3.02. The Bertz CT molecular complexity index is 1320. The van der Waals surface area contributed by atoms with Gasteiger partial charge in [0, 0.05) is 28.4 Å². The van der Waals surface area contributed by atoms with Crippen LogP contribution in [0.3, 0.4) is 0 Å². The van der Waals surface area contributed by atoms with Gasteiger partial charge in [0.25, 0.3) is 5.78 Å². The molecule has 29 heavy (non-hydrogen) atoms. The summed E-state index contributed by atoms with van der Waals surface area (Å²) in [4.78, 5) is 35.7. The minimum atomic E-state index is -1.60. The summed E-state index contributed by atoms with van der Waals surface area (Å²) in [5, 5.41) is 9.96. The number of carboxylic acids is 1. The first-order valence-electron chi connectivity index (χ1n) is 8.74. The van der Waals surface area contributed by atoms with Crippen LogP contribution in [0, 0.1) is 5.82 Å². The molecule has 0 spiro atoms. The summed E-state index contributed by atoms with van der Waals surface area (Å²) in [6.45, 7) is 0.255. The molecule has 0 atom stereocenters. The largest absolute Gasteiger partial charge is 0.475 e. The molecule has 0 aliphatic rings. The zero-order valence-electron chi connectivity index (χ0n) is 15.1. The maximum absolute atomic E-state index is 13.7. The van der Waals surface area contributed by atoms with Gasteiger partial charge in [-0.05, 0) is 42.0 Å². The first kappa shape index (κ1) is 18.4.